The van der Waals surface area contributed by atoms with Crippen molar-refractivity contribution < 1.29 is 9.53 Å². The number of benzene rings is 1. The van der Waals surface area contributed by atoms with Gasteiger partial charge in [0.25, 0.3) is 0 Å². The van der Waals surface area contributed by atoms with Gasteiger partial charge in [-0.3, -0.25) is 0 Å². The molecular formula is C14H20N2O2. The van der Waals surface area contributed by atoms with Crippen LogP contribution in [0.15, 0.2) is 18.2 Å². The number of anilines is 2. The molecule has 1 saturated heterocycles. The minimum atomic E-state index is -0.331. The molecular weight excluding hydrogens is 228 g/mol. The number of hydrogen-bond acceptors (Lipinski definition) is 4. The topological polar surface area (TPSA) is 55.6 Å². The lowest BCUT2D eigenvalue weighted by Gasteiger charge is -2.23. The second kappa shape index (κ2) is 4.52. The van der Waals surface area contributed by atoms with Gasteiger partial charge in [0.2, 0.25) is 0 Å². The fourth-order valence-electron chi connectivity index (χ4n) is 2.42. The smallest absolute Gasteiger partial charge is 0.340 e. The van der Waals surface area contributed by atoms with Gasteiger partial charge in [-0.2, -0.15) is 0 Å². The number of methoxy groups -OCH3 is 1. The van der Waals surface area contributed by atoms with E-state index < -0.39 is 0 Å². The third kappa shape index (κ3) is 2.42. The highest BCUT2D eigenvalue weighted by atomic mass is 16.5. The van der Waals surface area contributed by atoms with Crippen LogP contribution in [0, 0.1) is 5.41 Å². The zero-order valence-corrected chi connectivity index (χ0v) is 11.2. The Morgan fingerprint density at radius 2 is 2.17 bits per heavy atom. The minimum Gasteiger partial charge on any atom is -0.465 e. The second-order valence-corrected chi connectivity index (χ2v) is 5.60. The number of carbonyl (C=O) groups excluding carboxylic acids is 1. The second-order valence-electron chi connectivity index (χ2n) is 5.60. The maximum atomic E-state index is 11.8. The number of ether oxygens (including phenoxy) is 1. The summed E-state index contributed by atoms with van der Waals surface area (Å²) in [6, 6.07) is 5.42. The van der Waals surface area contributed by atoms with Crippen LogP contribution in [-0.4, -0.2) is 26.2 Å². The Morgan fingerprint density at radius 1 is 1.44 bits per heavy atom. The van der Waals surface area contributed by atoms with E-state index in [1.165, 1.54) is 7.11 Å². The van der Waals surface area contributed by atoms with Crippen molar-refractivity contribution in [1.29, 1.82) is 0 Å². The summed E-state index contributed by atoms with van der Waals surface area (Å²) in [4.78, 5) is 14.0. The maximum Gasteiger partial charge on any atom is 0.340 e. The highest BCUT2D eigenvalue weighted by Crippen LogP contribution is 2.34. The summed E-state index contributed by atoms with van der Waals surface area (Å²) in [7, 11) is 1.39. The zero-order valence-electron chi connectivity index (χ0n) is 11.2. The molecule has 4 heteroatoms. The molecule has 1 aromatic carbocycles. The van der Waals surface area contributed by atoms with E-state index in [4.69, 9.17) is 10.5 Å². The van der Waals surface area contributed by atoms with Crippen molar-refractivity contribution >= 4 is 17.3 Å². The Morgan fingerprint density at radius 3 is 2.72 bits per heavy atom. The average Bonchev–Trinajstić information content (AvgIpc) is 2.68. The van der Waals surface area contributed by atoms with E-state index in [-0.39, 0.29) is 11.4 Å². The summed E-state index contributed by atoms with van der Waals surface area (Å²) in [5, 5.41) is 0. The van der Waals surface area contributed by atoms with E-state index in [1.807, 2.05) is 12.1 Å². The van der Waals surface area contributed by atoms with Crippen LogP contribution in [-0.2, 0) is 4.74 Å². The molecule has 1 heterocycles. The molecule has 0 aromatic heterocycles. The molecule has 0 unspecified atom stereocenters. The first-order valence-electron chi connectivity index (χ1n) is 6.16. The molecule has 1 aliphatic heterocycles. The molecule has 0 saturated carbocycles. The van der Waals surface area contributed by atoms with Crippen LogP contribution in [0.1, 0.15) is 30.6 Å². The van der Waals surface area contributed by atoms with Crippen LogP contribution < -0.4 is 10.6 Å². The van der Waals surface area contributed by atoms with E-state index in [9.17, 15) is 4.79 Å². The molecule has 0 bridgehead atoms. The molecule has 98 valence electrons. The lowest BCUT2D eigenvalue weighted by molar-refractivity contribution is 0.0601. The van der Waals surface area contributed by atoms with Crippen LogP contribution in [0.25, 0.3) is 0 Å². The van der Waals surface area contributed by atoms with Crippen molar-refractivity contribution in [2.75, 3.05) is 30.8 Å². The van der Waals surface area contributed by atoms with Gasteiger partial charge in [-0.05, 0) is 30.0 Å². The molecule has 1 aromatic rings. The normalized spacial score (nSPS) is 17.8. The fourth-order valence-corrected chi connectivity index (χ4v) is 2.42. The van der Waals surface area contributed by atoms with Crippen LogP contribution in [0.2, 0.25) is 0 Å². The Bertz CT molecular complexity index is 469. The SMILES string of the molecule is COC(=O)c1cc(N)ccc1N1CCC(C)(C)C1. The predicted molar refractivity (Wildman–Crippen MR) is 72.8 cm³/mol. The number of nitrogens with zero attached hydrogens (tertiary/aromatic N) is 1. The van der Waals surface area contributed by atoms with Crippen molar-refractivity contribution in [3.05, 3.63) is 23.8 Å². The highest BCUT2D eigenvalue weighted by Gasteiger charge is 2.31. The fraction of sp³-hybridized carbons (Fsp3) is 0.500. The number of nitrogen functional groups attached to an aromatic ring is 1. The molecule has 0 spiro atoms. The Labute approximate surface area is 108 Å². The van der Waals surface area contributed by atoms with Crippen LogP contribution in [0.3, 0.4) is 0 Å². The van der Waals surface area contributed by atoms with E-state index in [1.54, 1.807) is 6.07 Å². The van der Waals surface area contributed by atoms with Crippen molar-refractivity contribution in [3.8, 4) is 0 Å². The van der Waals surface area contributed by atoms with Gasteiger partial charge in [0, 0.05) is 18.8 Å². The number of carbonyl (C=O) groups is 1. The summed E-state index contributed by atoms with van der Waals surface area (Å²) in [5.41, 5.74) is 8.08. The van der Waals surface area contributed by atoms with E-state index in [2.05, 4.69) is 18.7 Å². The summed E-state index contributed by atoms with van der Waals surface area (Å²) in [6.07, 6.45) is 1.12. The van der Waals surface area contributed by atoms with E-state index in [0.717, 1.165) is 25.2 Å². The molecule has 0 amide bonds. The maximum absolute atomic E-state index is 11.8. The van der Waals surface area contributed by atoms with Gasteiger partial charge in [0.15, 0.2) is 0 Å². The van der Waals surface area contributed by atoms with E-state index in [0.29, 0.717) is 11.3 Å². The van der Waals surface area contributed by atoms with Crippen LogP contribution in [0.5, 0.6) is 0 Å². The minimum absolute atomic E-state index is 0.286. The predicted octanol–water partition coefficient (Wildman–Crippen LogP) is 2.29. The molecule has 1 fully saturated rings. The lowest BCUT2D eigenvalue weighted by Crippen LogP contribution is -2.24. The van der Waals surface area contributed by atoms with Gasteiger partial charge in [0.1, 0.15) is 0 Å². The summed E-state index contributed by atoms with van der Waals surface area (Å²) in [5.74, 6) is -0.331. The summed E-state index contributed by atoms with van der Waals surface area (Å²) in [6.45, 7) is 6.38. The van der Waals surface area contributed by atoms with Crippen molar-refractivity contribution in [3.63, 3.8) is 0 Å². The molecule has 0 atom stereocenters. The van der Waals surface area contributed by atoms with Gasteiger partial charge in [0.05, 0.1) is 18.4 Å². The Hall–Kier alpha value is -1.71. The summed E-state index contributed by atoms with van der Waals surface area (Å²) >= 11 is 0. The molecule has 4 nitrogen and oxygen atoms in total. The Kier molecular flexibility index (Phi) is 3.20. The molecule has 0 radical (unpaired) electrons. The van der Waals surface area contributed by atoms with Crippen molar-refractivity contribution in [2.45, 2.75) is 20.3 Å². The van der Waals surface area contributed by atoms with E-state index >= 15 is 0 Å². The van der Waals surface area contributed by atoms with Gasteiger partial charge in [-0.15, -0.1) is 0 Å². The van der Waals surface area contributed by atoms with Gasteiger partial charge >= 0.3 is 5.97 Å². The standard InChI is InChI=1S/C14H20N2O2/c1-14(2)6-7-16(9-14)12-5-4-10(15)8-11(12)13(17)18-3/h4-5,8H,6-7,9,15H2,1-3H3. The highest BCUT2D eigenvalue weighted by molar-refractivity contribution is 5.97. The molecule has 0 aliphatic carbocycles. The largest absolute Gasteiger partial charge is 0.465 e. The van der Waals surface area contributed by atoms with Crippen molar-refractivity contribution in [1.82, 2.24) is 0 Å². The molecule has 18 heavy (non-hydrogen) atoms. The molecule has 2 rings (SSSR count). The first-order chi connectivity index (χ1) is 8.43. The quantitative estimate of drug-likeness (QED) is 0.644. The van der Waals surface area contributed by atoms with Gasteiger partial charge in [-0.1, -0.05) is 13.8 Å². The number of nitrogens with two attached hydrogens (primary N) is 1. The monoisotopic (exact) mass is 248 g/mol. The first-order valence-corrected chi connectivity index (χ1v) is 6.16. The van der Waals surface area contributed by atoms with Crippen molar-refractivity contribution in [2.24, 2.45) is 5.41 Å². The molecule has 2 N–H and O–H groups in total. The number of esters is 1. The Balaban J connectivity index is 2.36. The third-order valence-electron chi connectivity index (χ3n) is 3.44. The third-order valence-corrected chi connectivity index (χ3v) is 3.44. The van der Waals surface area contributed by atoms with Crippen LogP contribution >= 0.6 is 0 Å². The van der Waals surface area contributed by atoms with Crippen LogP contribution in [0.4, 0.5) is 11.4 Å². The average molecular weight is 248 g/mol. The number of rotatable bonds is 2. The zero-order chi connectivity index (χ0) is 13.3. The lowest BCUT2D eigenvalue weighted by atomic mass is 9.93. The summed E-state index contributed by atoms with van der Waals surface area (Å²) < 4.78 is 4.82. The number of hydrogen-bond donors (Lipinski definition) is 1. The first kappa shape index (κ1) is 12.7. The van der Waals surface area contributed by atoms with Gasteiger partial charge in [-0.25, -0.2) is 4.79 Å². The van der Waals surface area contributed by atoms with Gasteiger partial charge < -0.3 is 15.4 Å². The molecule has 1 aliphatic rings.